The van der Waals surface area contributed by atoms with Gasteiger partial charge in [-0.1, -0.05) is 20.8 Å². The van der Waals surface area contributed by atoms with E-state index in [0.29, 0.717) is 5.41 Å². The molecule has 1 heterocycles. The van der Waals surface area contributed by atoms with E-state index in [4.69, 9.17) is 4.74 Å². The summed E-state index contributed by atoms with van der Waals surface area (Å²) in [6.07, 6.45) is 7.74. The van der Waals surface area contributed by atoms with Crippen LogP contribution in [0.3, 0.4) is 0 Å². The average molecular weight is 253 g/mol. The van der Waals surface area contributed by atoms with Crippen molar-refractivity contribution in [3.63, 3.8) is 0 Å². The highest BCUT2D eigenvalue weighted by Gasteiger charge is 2.41. The summed E-state index contributed by atoms with van der Waals surface area (Å²) < 4.78 is 5.86. The van der Waals surface area contributed by atoms with Crippen molar-refractivity contribution in [3.05, 3.63) is 16.1 Å². The molecule has 0 aliphatic heterocycles. The van der Waals surface area contributed by atoms with Crippen LogP contribution in [0.25, 0.3) is 0 Å². The Balaban J connectivity index is 2.21. The first kappa shape index (κ1) is 13.0. The van der Waals surface area contributed by atoms with E-state index < -0.39 is 0 Å². The molecule has 1 aliphatic rings. The molecule has 0 unspecified atom stereocenters. The van der Waals surface area contributed by atoms with Gasteiger partial charge in [0.05, 0.1) is 0 Å². The van der Waals surface area contributed by atoms with Gasteiger partial charge in [-0.25, -0.2) is 4.98 Å². The van der Waals surface area contributed by atoms with Gasteiger partial charge in [0.1, 0.15) is 10.6 Å². The summed E-state index contributed by atoms with van der Waals surface area (Å²) in [6, 6.07) is 0. The molecule has 96 valence electrons. The molecule has 1 saturated carbocycles. The van der Waals surface area contributed by atoms with Crippen molar-refractivity contribution < 1.29 is 4.74 Å². The first-order valence-electron chi connectivity index (χ1n) is 6.52. The Bertz CT molecular complexity index is 373. The molecule has 0 atom stereocenters. The van der Waals surface area contributed by atoms with E-state index in [9.17, 15) is 0 Å². The summed E-state index contributed by atoms with van der Waals surface area (Å²) in [5, 5.41) is 1.19. The van der Waals surface area contributed by atoms with Gasteiger partial charge in [-0.05, 0) is 37.5 Å². The van der Waals surface area contributed by atoms with E-state index in [1.807, 2.05) is 24.6 Å². The third-order valence-electron chi connectivity index (χ3n) is 4.09. The maximum Gasteiger partial charge on any atom is 0.125 e. The van der Waals surface area contributed by atoms with Crippen molar-refractivity contribution in [3.8, 4) is 0 Å². The SMILES string of the molecule is CCc1cnc(C2(OC)CCC(C)(C)CC2)s1. The van der Waals surface area contributed by atoms with E-state index >= 15 is 0 Å². The second kappa shape index (κ2) is 4.69. The lowest BCUT2D eigenvalue weighted by Gasteiger charge is -2.41. The van der Waals surface area contributed by atoms with Crippen LogP contribution >= 0.6 is 11.3 Å². The third kappa shape index (κ3) is 2.55. The average Bonchev–Trinajstić information content (AvgIpc) is 2.79. The molecule has 17 heavy (non-hydrogen) atoms. The summed E-state index contributed by atoms with van der Waals surface area (Å²) >= 11 is 1.83. The van der Waals surface area contributed by atoms with Crippen LogP contribution in [-0.4, -0.2) is 12.1 Å². The van der Waals surface area contributed by atoms with Crippen molar-refractivity contribution >= 4 is 11.3 Å². The molecular weight excluding hydrogens is 230 g/mol. The molecule has 1 aliphatic carbocycles. The van der Waals surface area contributed by atoms with Crippen molar-refractivity contribution in [1.29, 1.82) is 0 Å². The van der Waals surface area contributed by atoms with Crippen molar-refractivity contribution in [2.75, 3.05) is 7.11 Å². The van der Waals surface area contributed by atoms with Crippen LogP contribution in [0.5, 0.6) is 0 Å². The van der Waals surface area contributed by atoms with E-state index in [0.717, 1.165) is 19.3 Å². The van der Waals surface area contributed by atoms with Gasteiger partial charge in [-0.15, -0.1) is 11.3 Å². The second-order valence-electron chi connectivity index (χ2n) is 5.85. The van der Waals surface area contributed by atoms with Gasteiger partial charge in [-0.2, -0.15) is 0 Å². The summed E-state index contributed by atoms with van der Waals surface area (Å²) in [6.45, 7) is 6.89. The van der Waals surface area contributed by atoms with E-state index in [-0.39, 0.29) is 5.60 Å². The van der Waals surface area contributed by atoms with Crippen LogP contribution in [-0.2, 0) is 16.8 Å². The molecule has 0 bridgehead atoms. The van der Waals surface area contributed by atoms with Crippen LogP contribution in [0, 0.1) is 5.41 Å². The van der Waals surface area contributed by atoms with Crippen LogP contribution in [0.4, 0.5) is 0 Å². The number of ether oxygens (including phenoxy) is 1. The topological polar surface area (TPSA) is 22.1 Å². The summed E-state index contributed by atoms with van der Waals surface area (Å²) in [7, 11) is 1.84. The van der Waals surface area contributed by atoms with Gasteiger partial charge in [0.2, 0.25) is 0 Å². The Kier molecular flexibility index (Phi) is 3.60. The summed E-state index contributed by atoms with van der Waals surface area (Å²) in [5.74, 6) is 0. The van der Waals surface area contributed by atoms with E-state index in [2.05, 4.69) is 25.8 Å². The van der Waals surface area contributed by atoms with Crippen LogP contribution in [0.2, 0.25) is 0 Å². The Hall–Kier alpha value is -0.410. The second-order valence-corrected chi connectivity index (χ2v) is 6.96. The summed E-state index contributed by atoms with van der Waals surface area (Å²) in [5.41, 5.74) is 0.362. The first-order chi connectivity index (χ1) is 8.01. The molecule has 0 N–H and O–H groups in total. The maximum atomic E-state index is 5.86. The quantitative estimate of drug-likeness (QED) is 0.807. The fourth-order valence-electron chi connectivity index (χ4n) is 2.52. The normalized spacial score (nSPS) is 22.6. The predicted octanol–water partition coefficient (Wildman–Crippen LogP) is 4.15. The number of rotatable bonds is 3. The molecule has 0 aromatic carbocycles. The molecule has 2 nitrogen and oxygen atoms in total. The number of aryl methyl sites for hydroxylation is 1. The zero-order chi connectivity index (χ0) is 12.5. The number of hydrogen-bond acceptors (Lipinski definition) is 3. The smallest absolute Gasteiger partial charge is 0.125 e. The standard InChI is InChI=1S/C14H23NOS/c1-5-11-10-15-12(17-11)14(16-4)8-6-13(2,3)7-9-14/h10H,5-9H2,1-4H3. The summed E-state index contributed by atoms with van der Waals surface area (Å²) in [4.78, 5) is 5.96. The molecule has 0 saturated heterocycles. The monoisotopic (exact) mass is 253 g/mol. The fourth-order valence-corrected chi connectivity index (χ4v) is 3.59. The molecule has 1 aromatic heterocycles. The fraction of sp³-hybridized carbons (Fsp3) is 0.786. The Morgan fingerprint density at radius 2 is 1.94 bits per heavy atom. The number of methoxy groups -OCH3 is 1. The third-order valence-corrected chi connectivity index (χ3v) is 5.42. The van der Waals surface area contributed by atoms with Crippen molar-refractivity contribution in [1.82, 2.24) is 4.98 Å². The van der Waals surface area contributed by atoms with Crippen molar-refractivity contribution in [2.45, 2.75) is 58.5 Å². The zero-order valence-corrected chi connectivity index (χ0v) is 12.2. The Morgan fingerprint density at radius 1 is 1.29 bits per heavy atom. The van der Waals surface area contributed by atoms with Gasteiger partial charge in [0.25, 0.3) is 0 Å². The largest absolute Gasteiger partial charge is 0.371 e. The molecule has 0 radical (unpaired) electrons. The van der Waals surface area contributed by atoms with Crippen molar-refractivity contribution in [2.24, 2.45) is 5.41 Å². The minimum atomic E-state index is -0.104. The predicted molar refractivity (Wildman–Crippen MR) is 72.4 cm³/mol. The first-order valence-corrected chi connectivity index (χ1v) is 7.33. The minimum Gasteiger partial charge on any atom is -0.371 e. The van der Waals surface area contributed by atoms with Crippen LogP contribution < -0.4 is 0 Å². The molecule has 1 aromatic rings. The van der Waals surface area contributed by atoms with E-state index in [1.54, 1.807) is 0 Å². The van der Waals surface area contributed by atoms with Gasteiger partial charge in [0.15, 0.2) is 0 Å². The van der Waals surface area contributed by atoms with Crippen LogP contribution in [0.1, 0.15) is 56.3 Å². The maximum absolute atomic E-state index is 5.86. The van der Waals surface area contributed by atoms with Gasteiger partial charge in [0, 0.05) is 18.2 Å². The number of hydrogen-bond donors (Lipinski definition) is 0. The minimum absolute atomic E-state index is 0.104. The Morgan fingerprint density at radius 3 is 2.41 bits per heavy atom. The van der Waals surface area contributed by atoms with E-state index in [1.165, 1.54) is 22.7 Å². The highest BCUT2D eigenvalue weighted by atomic mass is 32.1. The number of thiazole rings is 1. The highest BCUT2D eigenvalue weighted by molar-refractivity contribution is 7.11. The molecular formula is C14H23NOS. The Labute approximate surface area is 108 Å². The molecule has 2 rings (SSSR count). The molecule has 1 fully saturated rings. The molecule has 0 spiro atoms. The van der Waals surface area contributed by atoms with Gasteiger partial charge >= 0.3 is 0 Å². The zero-order valence-electron chi connectivity index (χ0n) is 11.4. The lowest BCUT2D eigenvalue weighted by Crippen LogP contribution is -2.36. The van der Waals surface area contributed by atoms with Gasteiger partial charge in [-0.3, -0.25) is 0 Å². The number of aromatic nitrogens is 1. The number of nitrogens with zero attached hydrogens (tertiary/aromatic N) is 1. The lowest BCUT2D eigenvalue weighted by atomic mass is 9.71. The lowest BCUT2D eigenvalue weighted by molar-refractivity contribution is -0.0667. The highest BCUT2D eigenvalue weighted by Crippen LogP contribution is 2.47. The molecule has 0 amide bonds. The van der Waals surface area contributed by atoms with Crippen LogP contribution in [0.15, 0.2) is 6.20 Å². The molecule has 3 heteroatoms. The van der Waals surface area contributed by atoms with Gasteiger partial charge < -0.3 is 4.74 Å².